The first-order valence-corrected chi connectivity index (χ1v) is 20.9. The Hall–Kier alpha value is -7.49. The zero-order chi connectivity index (χ0) is 43.1. The molecule has 12 heteroatoms. The van der Waals surface area contributed by atoms with Crippen LogP contribution in [-0.2, 0) is 14.5 Å². The third-order valence-electron chi connectivity index (χ3n) is 11.6. The molecule has 11 nitrogen and oxygen atoms in total. The molecule has 0 spiro atoms. The van der Waals surface area contributed by atoms with Crippen LogP contribution in [0.15, 0.2) is 140 Å². The van der Waals surface area contributed by atoms with Crippen molar-refractivity contribution in [3.8, 4) is 22.6 Å². The van der Waals surface area contributed by atoms with Crippen LogP contribution in [0.4, 0.5) is 5.69 Å². The Bertz CT molecular complexity index is 3060. The number of hydrogen-bond acceptors (Lipinski definition) is 9. The Morgan fingerprint density at radius 1 is 0.656 bits per heavy atom. The summed E-state index contributed by atoms with van der Waals surface area (Å²) in [5.41, 5.74) is 3.83. The van der Waals surface area contributed by atoms with E-state index in [9.17, 15) is 28.8 Å². The average molecular weight is 827 g/mol. The topological polar surface area (TPSA) is 144 Å². The predicted octanol–water partition coefficient (Wildman–Crippen LogP) is 8.66. The molecule has 0 aliphatic carbocycles. The highest BCUT2D eigenvalue weighted by Gasteiger charge is 2.54. The minimum Gasteiger partial charge on any atom is -0.438 e. The van der Waals surface area contributed by atoms with Crippen LogP contribution in [0.1, 0.15) is 87.9 Å². The molecule has 0 bridgehead atoms. The Kier molecular flexibility index (Phi) is 8.99. The highest BCUT2D eigenvalue weighted by Crippen LogP contribution is 2.69. The van der Waals surface area contributed by atoms with Crippen LogP contribution in [0.5, 0.6) is 11.5 Å². The number of carbonyl (C=O) groups is 6. The number of benzene rings is 6. The van der Waals surface area contributed by atoms with Crippen LogP contribution < -0.4 is 19.5 Å². The lowest BCUT2D eigenvalue weighted by molar-refractivity contribution is -0.130. The Balaban J connectivity index is 1.16. The predicted molar refractivity (Wildman–Crippen MR) is 228 cm³/mol. The van der Waals surface area contributed by atoms with Gasteiger partial charge in [0.25, 0.3) is 31.0 Å². The standard InChI is InChI=1S/C49H35N2O9P/c1-27(2)48(57)59-41-26-32(49(4,31-18-14-28(3)15-19-31)61(58)42-13-9-7-11-34(42)33-10-6-8-12-40(33)60-61)20-23-39(41)51-46(55)36-22-17-30(25-38(36)47(51)56)43(52)29-16-21-35-37(24-29)45(54)50(5)44(35)53/h6-26H,1H2,2-5H3. The number of ketones is 1. The van der Waals surface area contributed by atoms with Gasteiger partial charge in [0.1, 0.15) is 10.9 Å². The maximum Gasteiger partial charge on any atom is 0.338 e. The van der Waals surface area contributed by atoms with Crippen LogP contribution in [0.25, 0.3) is 11.1 Å². The monoisotopic (exact) mass is 826 g/mol. The number of imide groups is 2. The number of carbonyl (C=O) groups excluding carboxylic acids is 6. The van der Waals surface area contributed by atoms with Gasteiger partial charge in [-0.3, -0.25) is 33.4 Å². The van der Waals surface area contributed by atoms with Gasteiger partial charge in [-0.1, -0.05) is 91.0 Å². The first-order chi connectivity index (χ1) is 29.1. The molecule has 4 amide bonds. The van der Waals surface area contributed by atoms with E-state index in [2.05, 4.69) is 6.58 Å². The summed E-state index contributed by atoms with van der Waals surface area (Å²) in [4.78, 5) is 82.5. The number of esters is 1. The molecule has 0 fully saturated rings. The molecule has 2 atom stereocenters. The molecule has 6 aromatic carbocycles. The van der Waals surface area contributed by atoms with E-state index in [0.717, 1.165) is 26.5 Å². The molecular weight excluding hydrogens is 792 g/mol. The smallest absolute Gasteiger partial charge is 0.338 e. The molecule has 61 heavy (non-hydrogen) atoms. The first-order valence-electron chi connectivity index (χ1n) is 19.3. The molecule has 0 saturated heterocycles. The molecule has 0 aromatic heterocycles. The minimum absolute atomic E-state index is 0.000958. The van der Waals surface area contributed by atoms with Crippen LogP contribution in [0, 0.1) is 6.92 Å². The number of rotatable bonds is 8. The van der Waals surface area contributed by atoms with Gasteiger partial charge in [-0.05, 0) is 86.0 Å². The van der Waals surface area contributed by atoms with E-state index in [-0.39, 0.29) is 50.4 Å². The van der Waals surface area contributed by atoms with E-state index < -0.39 is 47.9 Å². The summed E-state index contributed by atoms with van der Waals surface area (Å²) in [5.74, 6) is -3.67. The van der Waals surface area contributed by atoms with E-state index in [0.29, 0.717) is 22.2 Å². The fraction of sp³-hybridized carbons (Fsp3) is 0.102. The molecular formula is C49H35N2O9P. The number of anilines is 1. The number of nitrogens with zero attached hydrogens (tertiary/aromatic N) is 2. The van der Waals surface area contributed by atoms with Gasteiger partial charge >= 0.3 is 5.97 Å². The third kappa shape index (κ3) is 5.84. The van der Waals surface area contributed by atoms with Crippen molar-refractivity contribution < 1.29 is 42.6 Å². The van der Waals surface area contributed by atoms with Gasteiger partial charge in [0.15, 0.2) is 11.5 Å². The second-order valence-electron chi connectivity index (χ2n) is 15.4. The summed E-state index contributed by atoms with van der Waals surface area (Å²) in [6, 6.07) is 35.1. The molecule has 3 heterocycles. The fourth-order valence-electron chi connectivity index (χ4n) is 8.17. The van der Waals surface area contributed by atoms with Gasteiger partial charge in [0, 0.05) is 29.3 Å². The SMILES string of the molecule is C=C(C)C(=O)Oc1cc(C(C)(c2ccc(C)cc2)P2(=O)Oc3ccccc3-c3ccccc32)ccc1N1C(=O)c2ccc(C(=O)c3ccc4c(c3)C(=O)N(C)C4=O)cc2C1=O. The number of ether oxygens (including phenoxy) is 1. The Labute approximate surface area is 350 Å². The molecule has 0 N–H and O–H groups in total. The first kappa shape index (κ1) is 39.0. The van der Waals surface area contributed by atoms with Crippen molar-refractivity contribution >= 4 is 53.7 Å². The van der Waals surface area contributed by atoms with Crippen molar-refractivity contribution in [2.45, 2.75) is 25.9 Å². The lowest BCUT2D eigenvalue weighted by Crippen LogP contribution is -2.35. The number of aryl methyl sites for hydroxylation is 1. The van der Waals surface area contributed by atoms with Crippen molar-refractivity contribution in [3.05, 3.63) is 190 Å². The van der Waals surface area contributed by atoms with E-state index in [4.69, 9.17) is 9.26 Å². The van der Waals surface area contributed by atoms with Crippen LogP contribution >= 0.6 is 7.37 Å². The van der Waals surface area contributed by atoms with E-state index >= 15 is 4.57 Å². The van der Waals surface area contributed by atoms with Crippen molar-refractivity contribution in [2.24, 2.45) is 0 Å². The van der Waals surface area contributed by atoms with E-state index in [1.54, 1.807) is 31.2 Å². The summed E-state index contributed by atoms with van der Waals surface area (Å²) in [6.07, 6.45) is 0. The molecule has 3 aliphatic rings. The molecule has 300 valence electrons. The van der Waals surface area contributed by atoms with Gasteiger partial charge in [-0.2, -0.15) is 0 Å². The fourth-order valence-corrected chi connectivity index (χ4v) is 11.1. The van der Waals surface area contributed by atoms with Crippen LogP contribution in [0.2, 0.25) is 0 Å². The number of fused-ring (bicyclic) bond motifs is 5. The van der Waals surface area contributed by atoms with Gasteiger partial charge in [0.05, 0.1) is 33.2 Å². The normalized spacial score (nSPS) is 17.2. The second kappa shape index (κ2) is 14.1. The summed E-state index contributed by atoms with van der Waals surface area (Å²) in [7, 11) is -2.68. The van der Waals surface area contributed by atoms with Gasteiger partial charge < -0.3 is 9.26 Å². The van der Waals surface area contributed by atoms with E-state index in [1.807, 2.05) is 61.5 Å². The van der Waals surface area contributed by atoms with Gasteiger partial charge in [-0.15, -0.1) is 0 Å². The largest absolute Gasteiger partial charge is 0.438 e. The lowest BCUT2D eigenvalue weighted by atomic mass is 9.91. The highest BCUT2D eigenvalue weighted by atomic mass is 31.2. The molecule has 0 saturated carbocycles. The van der Waals surface area contributed by atoms with E-state index in [1.165, 1.54) is 62.5 Å². The summed E-state index contributed by atoms with van der Waals surface area (Å²) in [5, 5.41) is -0.964. The number of amides is 4. The Morgan fingerprint density at radius 2 is 1.21 bits per heavy atom. The van der Waals surface area contributed by atoms with Crippen molar-refractivity contribution in [1.82, 2.24) is 4.90 Å². The molecule has 6 aromatic rings. The maximum atomic E-state index is 16.1. The van der Waals surface area contributed by atoms with Crippen LogP contribution in [0.3, 0.4) is 0 Å². The Morgan fingerprint density at radius 3 is 1.89 bits per heavy atom. The van der Waals surface area contributed by atoms with Gasteiger partial charge in [-0.25, -0.2) is 9.69 Å². The minimum atomic E-state index is -4.03. The molecule has 9 rings (SSSR count). The summed E-state index contributed by atoms with van der Waals surface area (Å²) >= 11 is 0. The quantitative estimate of drug-likeness (QED) is 0.0368. The highest BCUT2D eigenvalue weighted by molar-refractivity contribution is 7.69. The summed E-state index contributed by atoms with van der Waals surface area (Å²) in [6.45, 7) is 8.92. The van der Waals surface area contributed by atoms with Crippen molar-refractivity contribution in [3.63, 3.8) is 0 Å². The van der Waals surface area contributed by atoms with Crippen LogP contribution in [-0.4, -0.2) is 47.3 Å². The number of hydrogen-bond donors (Lipinski definition) is 0. The average Bonchev–Trinajstić information content (AvgIpc) is 3.64. The van der Waals surface area contributed by atoms with Gasteiger partial charge in [0.2, 0.25) is 0 Å². The molecule has 2 unspecified atom stereocenters. The van der Waals surface area contributed by atoms with Crippen molar-refractivity contribution in [2.75, 3.05) is 11.9 Å². The summed E-state index contributed by atoms with van der Waals surface area (Å²) < 4.78 is 28.7. The molecule has 3 aliphatic heterocycles. The number of para-hydroxylation sites is 1. The zero-order valence-electron chi connectivity index (χ0n) is 33.3. The zero-order valence-corrected chi connectivity index (χ0v) is 34.2. The maximum absolute atomic E-state index is 16.1. The van der Waals surface area contributed by atoms with Crippen molar-refractivity contribution in [1.29, 1.82) is 0 Å². The lowest BCUT2D eigenvalue weighted by Gasteiger charge is -2.41. The molecule has 0 radical (unpaired) electrons. The third-order valence-corrected chi connectivity index (χ3v) is 14.8. The second-order valence-corrected chi connectivity index (χ2v) is 18.1.